The number of anilines is 1. The minimum absolute atomic E-state index is 0.00634. The van der Waals surface area contributed by atoms with E-state index in [0.717, 1.165) is 22.5 Å². The first-order valence-electron chi connectivity index (χ1n) is 7.43. The Labute approximate surface area is 134 Å². The lowest BCUT2D eigenvalue weighted by molar-refractivity contribution is -0.119. The van der Waals surface area contributed by atoms with Crippen molar-refractivity contribution in [3.63, 3.8) is 0 Å². The number of rotatable bonds is 4. The highest BCUT2D eigenvalue weighted by molar-refractivity contribution is 5.95. The van der Waals surface area contributed by atoms with Crippen molar-refractivity contribution in [3.8, 4) is 11.3 Å². The molecule has 2 aromatic heterocycles. The summed E-state index contributed by atoms with van der Waals surface area (Å²) >= 11 is 0. The van der Waals surface area contributed by atoms with E-state index in [1.807, 2.05) is 60.8 Å². The predicted octanol–water partition coefficient (Wildman–Crippen LogP) is 3.20. The zero-order chi connectivity index (χ0) is 16.4. The number of pyridine rings is 1. The molecule has 0 radical (unpaired) electrons. The molecule has 0 spiro atoms. The molecule has 0 atom stereocenters. The molecule has 2 heterocycles. The molecule has 118 valence electrons. The second-order valence-corrected chi connectivity index (χ2v) is 5.59. The summed E-state index contributed by atoms with van der Waals surface area (Å²) in [4.78, 5) is 16.7. The smallest absolute Gasteiger partial charge is 0.251 e. The van der Waals surface area contributed by atoms with Crippen LogP contribution >= 0.6 is 0 Å². The molecule has 0 fully saturated rings. The Balaban J connectivity index is 2.15. The monoisotopic (exact) mass is 309 g/mol. The third-order valence-corrected chi connectivity index (χ3v) is 3.62. The van der Waals surface area contributed by atoms with Gasteiger partial charge < -0.3 is 10.1 Å². The van der Waals surface area contributed by atoms with Crippen LogP contribution < -0.4 is 5.32 Å². The van der Waals surface area contributed by atoms with E-state index in [9.17, 15) is 4.79 Å². The van der Waals surface area contributed by atoms with Gasteiger partial charge in [-0.1, -0.05) is 35.9 Å². The van der Waals surface area contributed by atoms with E-state index < -0.39 is 0 Å². The SMILES string of the molecule is COCC(=O)Nc1c(-c2ccc(C)cc2)nc2ccc(C)cn12. The van der Waals surface area contributed by atoms with Crippen LogP contribution in [0.4, 0.5) is 5.82 Å². The number of benzene rings is 1. The zero-order valence-electron chi connectivity index (χ0n) is 13.5. The Hall–Kier alpha value is -2.66. The molecule has 0 saturated carbocycles. The molecule has 1 aromatic carbocycles. The molecule has 0 saturated heterocycles. The van der Waals surface area contributed by atoms with E-state index in [0.29, 0.717) is 5.82 Å². The van der Waals surface area contributed by atoms with Gasteiger partial charge in [0, 0.05) is 18.9 Å². The van der Waals surface area contributed by atoms with Crippen molar-refractivity contribution in [3.05, 3.63) is 53.7 Å². The van der Waals surface area contributed by atoms with Crippen LogP contribution in [-0.4, -0.2) is 29.0 Å². The van der Waals surface area contributed by atoms with Crippen molar-refractivity contribution >= 4 is 17.4 Å². The Bertz CT molecular complexity index is 851. The van der Waals surface area contributed by atoms with Gasteiger partial charge in [0.05, 0.1) is 0 Å². The number of ether oxygens (including phenoxy) is 1. The van der Waals surface area contributed by atoms with Crippen LogP contribution in [0.25, 0.3) is 16.9 Å². The second-order valence-electron chi connectivity index (χ2n) is 5.59. The van der Waals surface area contributed by atoms with Gasteiger partial charge in [0.1, 0.15) is 23.8 Å². The number of nitrogens with one attached hydrogen (secondary N) is 1. The maximum Gasteiger partial charge on any atom is 0.251 e. The lowest BCUT2D eigenvalue weighted by Crippen LogP contribution is -2.18. The number of amides is 1. The molecule has 0 aliphatic carbocycles. The molecule has 3 rings (SSSR count). The third kappa shape index (κ3) is 3.10. The van der Waals surface area contributed by atoms with Crippen molar-refractivity contribution in [1.82, 2.24) is 9.38 Å². The Morgan fingerprint density at radius 1 is 1.13 bits per heavy atom. The second kappa shape index (κ2) is 6.22. The third-order valence-electron chi connectivity index (χ3n) is 3.62. The van der Waals surface area contributed by atoms with Gasteiger partial charge in [-0.2, -0.15) is 0 Å². The summed E-state index contributed by atoms with van der Waals surface area (Å²) in [7, 11) is 1.50. The molecule has 5 nitrogen and oxygen atoms in total. The number of nitrogens with zero attached hydrogens (tertiary/aromatic N) is 2. The van der Waals surface area contributed by atoms with Crippen LogP contribution in [0.3, 0.4) is 0 Å². The van der Waals surface area contributed by atoms with Crippen LogP contribution in [0.5, 0.6) is 0 Å². The summed E-state index contributed by atoms with van der Waals surface area (Å²) in [6.45, 7) is 4.05. The van der Waals surface area contributed by atoms with Crippen molar-refractivity contribution in [2.75, 3.05) is 19.0 Å². The van der Waals surface area contributed by atoms with Gasteiger partial charge in [-0.3, -0.25) is 9.20 Å². The number of hydrogen-bond acceptors (Lipinski definition) is 3. The fourth-order valence-corrected chi connectivity index (χ4v) is 2.48. The first kappa shape index (κ1) is 15.2. The molecule has 0 aliphatic rings. The maximum absolute atomic E-state index is 12.0. The normalized spacial score (nSPS) is 10.9. The lowest BCUT2D eigenvalue weighted by atomic mass is 10.1. The van der Waals surface area contributed by atoms with Crippen molar-refractivity contribution in [2.24, 2.45) is 0 Å². The van der Waals surface area contributed by atoms with Gasteiger partial charge in [-0.15, -0.1) is 0 Å². The number of methoxy groups -OCH3 is 1. The van der Waals surface area contributed by atoms with Crippen LogP contribution in [0.15, 0.2) is 42.6 Å². The molecule has 3 aromatic rings. The number of carbonyl (C=O) groups excluding carboxylic acids is 1. The van der Waals surface area contributed by atoms with E-state index in [2.05, 4.69) is 10.3 Å². The zero-order valence-corrected chi connectivity index (χ0v) is 13.5. The fourth-order valence-electron chi connectivity index (χ4n) is 2.48. The number of fused-ring (bicyclic) bond motifs is 1. The molecular formula is C18H19N3O2. The summed E-state index contributed by atoms with van der Waals surface area (Å²) in [6, 6.07) is 12.0. The molecule has 0 aliphatic heterocycles. The first-order chi connectivity index (χ1) is 11.1. The Kier molecular flexibility index (Phi) is 4.12. The highest BCUT2D eigenvalue weighted by Gasteiger charge is 2.16. The van der Waals surface area contributed by atoms with Gasteiger partial charge in [0.2, 0.25) is 0 Å². The largest absolute Gasteiger partial charge is 0.375 e. The van der Waals surface area contributed by atoms with Crippen molar-refractivity contribution in [2.45, 2.75) is 13.8 Å². The number of aryl methyl sites for hydroxylation is 2. The molecule has 0 bridgehead atoms. The van der Waals surface area contributed by atoms with Crippen LogP contribution in [-0.2, 0) is 9.53 Å². The van der Waals surface area contributed by atoms with E-state index in [1.165, 1.54) is 12.7 Å². The highest BCUT2D eigenvalue weighted by Crippen LogP contribution is 2.29. The molecule has 5 heteroatoms. The van der Waals surface area contributed by atoms with Crippen LogP contribution in [0.2, 0.25) is 0 Å². The average Bonchev–Trinajstić information content (AvgIpc) is 2.86. The van der Waals surface area contributed by atoms with Crippen LogP contribution in [0, 0.1) is 13.8 Å². The van der Waals surface area contributed by atoms with E-state index in [1.54, 1.807) is 0 Å². The molecule has 1 amide bonds. The van der Waals surface area contributed by atoms with Crippen LogP contribution in [0.1, 0.15) is 11.1 Å². The van der Waals surface area contributed by atoms with Gasteiger partial charge >= 0.3 is 0 Å². The summed E-state index contributed by atoms with van der Waals surface area (Å²) in [5, 5.41) is 2.91. The predicted molar refractivity (Wildman–Crippen MR) is 90.6 cm³/mol. The summed E-state index contributed by atoms with van der Waals surface area (Å²) in [6.07, 6.45) is 1.96. The average molecular weight is 309 g/mol. The number of imidazole rings is 1. The fraction of sp³-hybridized carbons (Fsp3) is 0.222. The molecule has 0 unspecified atom stereocenters. The minimum Gasteiger partial charge on any atom is -0.375 e. The number of aromatic nitrogens is 2. The van der Waals surface area contributed by atoms with Crippen molar-refractivity contribution < 1.29 is 9.53 Å². The molecular weight excluding hydrogens is 290 g/mol. The first-order valence-corrected chi connectivity index (χ1v) is 7.43. The Morgan fingerprint density at radius 3 is 2.52 bits per heavy atom. The minimum atomic E-state index is -0.204. The number of carbonyl (C=O) groups is 1. The number of hydrogen-bond donors (Lipinski definition) is 1. The highest BCUT2D eigenvalue weighted by atomic mass is 16.5. The van der Waals surface area contributed by atoms with Crippen molar-refractivity contribution in [1.29, 1.82) is 0 Å². The Morgan fingerprint density at radius 2 is 1.83 bits per heavy atom. The molecule has 1 N–H and O–H groups in total. The summed E-state index contributed by atoms with van der Waals surface area (Å²) in [5.74, 6) is 0.457. The van der Waals surface area contributed by atoms with Gasteiger partial charge in [-0.05, 0) is 25.5 Å². The standard InChI is InChI=1S/C18H19N3O2/c1-12-4-7-14(8-5-12)17-18(20-16(22)11-23-3)21-10-13(2)6-9-15(21)19-17/h4-10H,11H2,1-3H3,(H,20,22). The van der Waals surface area contributed by atoms with Gasteiger partial charge in [0.25, 0.3) is 5.91 Å². The van der Waals surface area contributed by atoms with E-state index >= 15 is 0 Å². The topological polar surface area (TPSA) is 55.6 Å². The van der Waals surface area contributed by atoms with E-state index in [-0.39, 0.29) is 12.5 Å². The van der Waals surface area contributed by atoms with Gasteiger partial charge in [-0.25, -0.2) is 4.98 Å². The van der Waals surface area contributed by atoms with E-state index in [4.69, 9.17) is 4.74 Å². The van der Waals surface area contributed by atoms with Gasteiger partial charge in [0.15, 0.2) is 0 Å². The lowest BCUT2D eigenvalue weighted by Gasteiger charge is -2.08. The quantitative estimate of drug-likeness (QED) is 0.805. The maximum atomic E-state index is 12.0. The summed E-state index contributed by atoms with van der Waals surface area (Å²) in [5.41, 5.74) is 4.77. The summed E-state index contributed by atoms with van der Waals surface area (Å²) < 4.78 is 6.81. The molecule has 23 heavy (non-hydrogen) atoms.